The zero-order valence-electron chi connectivity index (χ0n) is 16.4. The highest BCUT2D eigenvalue weighted by atomic mass is 16.3. The van der Waals surface area contributed by atoms with Gasteiger partial charge in [-0.3, -0.25) is 0 Å². The minimum Gasteiger partial charge on any atom is -0.388 e. The number of rotatable bonds is 8. The van der Waals surface area contributed by atoms with E-state index in [1.807, 2.05) is 22.8 Å². The molecule has 0 bridgehead atoms. The van der Waals surface area contributed by atoms with E-state index >= 15 is 0 Å². The molecule has 29 heavy (non-hydrogen) atoms. The van der Waals surface area contributed by atoms with Gasteiger partial charge < -0.3 is 9.67 Å². The van der Waals surface area contributed by atoms with Crippen molar-refractivity contribution in [3.05, 3.63) is 71.8 Å². The number of H-pyrrole nitrogens is 1. The van der Waals surface area contributed by atoms with E-state index in [0.29, 0.717) is 18.2 Å². The average molecular weight is 388 g/mol. The quantitative estimate of drug-likeness (QED) is 0.481. The molecule has 2 aromatic carbocycles. The summed E-state index contributed by atoms with van der Waals surface area (Å²) in [7, 11) is 0. The fraction of sp³-hybridized carbons (Fsp3) is 0.273. The second-order valence-electron chi connectivity index (χ2n) is 7.02. The van der Waals surface area contributed by atoms with Crippen LogP contribution >= 0.6 is 0 Å². The summed E-state index contributed by atoms with van der Waals surface area (Å²) in [5, 5.41) is 24.0. The summed E-state index contributed by atoms with van der Waals surface area (Å²) < 4.78 is 2.03. The molecule has 0 saturated heterocycles. The van der Waals surface area contributed by atoms with Crippen LogP contribution < -0.4 is 0 Å². The number of aryl methyl sites for hydroxylation is 1. The van der Waals surface area contributed by atoms with Gasteiger partial charge in [-0.15, -0.1) is 10.2 Å². The third-order valence-electron chi connectivity index (χ3n) is 4.97. The van der Waals surface area contributed by atoms with Crippen molar-refractivity contribution in [2.45, 2.75) is 39.3 Å². The Morgan fingerprint density at radius 1 is 1.03 bits per heavy atom. The number of imidazole rings is 1. The second kappa shape index (κ2) is 8.79. The zero-order chi connectivity index (χ0) is 20.1. The van der Waals surface area contributed by atoms with E-state index in [0.717, 1.165) is 47.2 Å². The van der Waals surface area contributed by atoms with Crippen LogP contribution in [0.1, 0.15) is 36.8 Å². The number of nitrogens with zero attached hydrogens (tertiary/aromatic N) is 5. The third kappa shape index (κ3) is 4.25. The molecule has 7 heteroatoms. The van der Waals surface area contributed by atoms with Crippen LogP contribution in [0.5, 0.6) is 0 Å². The van der Waals surface area contributed by atoms with Crippen molar-refractivity contribution >= 4 is 0 Å². The number of aliphatic hydroxyl groups is 1. The van der Waals surface area contributed by atoms with Crippen LogP contribution in [-0.4, -0.2) is 35.3 Å². The number of tetrazole rings is 1. The number of hydrogen-bond donors (Lipinski definition) is 2. The monoisotopic (exact) mass is 388 g/mol. The molecule has 7 nitrogen and oxygen atoms in total. The molecule has 4 aromatic rings. The van der Waals surface area contributed by atoms with Crippen LogP contribution in [0.2, 0.25) is 0 Å². The minimum atomic E-state index is -0.0533. The number of hydrogen-bond acceptors (Lipinski definition) is 5. The van der Waals surface area contributed by atoms with Crippen LogP contribution in [0.3, 0.4) is 0 Å². The van der Waals surface area contributed by atoms with Crippen LogP contribution in [0.15, 0.2) is 54.7 Å². The second-order valence-corrected chi connectivity index (χ2v) is 7.02. The van der Waals surface area contributed by atoms with E-state index < -0.39 is 0 Å². The SMILES string of the molecule is CCCCc1cn(Cc2ccc(-c3ccccc3-c3nn[nH]n3)cc2)c(CO)n1. The smallest absolute Gasteiger partial charge is 0.205 e. The molecule has 0 amide bonds. The molecule has 2 heterocycles. The van der Waals surface area contributed by atoms with Gasteiger partial charge in [0.15, 0.2) is 0 Å². The molecular weight excluding hydrogens is 364 g/mol. The van der Waals surface area contributed by atoms with Gasteiger partial charge in [-0.05, 0) is 34.7 Å². The summed E-state index contributed by atoms with van der Waals surface area (Å²) in [5.74, 6) is 1.29. The van der Waals surface area contributed by atoms with E-state index in [1.165, 1.54) is 0 Å². The molecule has 0 aliphatic rings. The first-order valence-electron chi connectivity index (χ1n) is 9.86. The van der Waals surface area contributed by atoms with Gasteiger partial charge >= 0.3 is 0 Å². The molecule has 0 atom stereocenters. The summed E-state index contributed by atoms with van der Waals surface area (Å²) in [4.78, 5) is 4.56. The van der Waals surface area contributed by atoms with Crippen molar-refractivity contribution in [3.63, 3.8) is 0 Å². The van der Waals surface area contributed by atoms with Crippen LogP contribution in [0.4, 0.5) is 0 Å². The fourth-order valence-corrected chi connectivity index (χ4v) is 3.45. The Morgan fingerprint density at radius 2 is 1.83 bits per heavy atom. The normalized spacial score (nSPS) is 11.1. The van der Waals surface area contributed by atoms with Gasteiger partial charge in [0.1, 0.15) is 12.4 Å². The molecule has 148 valence electrons. The Kier molecular flexibility index (Phi) is 5.76. The molecular formula is C22H24N6O. The highest BCUT2D eigenvalue weighted by molar-refractivity contribution is 5.80. The van der Waals surface area contributed by atoms with E-state index in [4.69, 9.17) is 0 Å². The van der Waals surface area contributed by atoms with Crippen molar-refractivity contribution in [2.24, 2.45) is 0 Å². The van der Waals surface area contributed by atoms with Gasteiger partial charge in [-0.2, -0.15) is 5.21 Å². The molecule has 0 aliphatic carbocycles. The number of aromatic nitrogens is 6. The van der Waals surface area contributed by atoms with Crippen molar-refractivity contribution in [1.29, 1.82) is 0 Å². The molecule has 0 radical (unpaired) electrons. The molecule has 4 rings (SSSR count). The van der Waals surface area contributed by atoms with Gasteiger partial charge in [0, 0.05) is 18.3 Å². The summed E-state index contributed by atoms with van der Waals surface area (Å²) in [6.45, 7) is 2.80. The maximum Gasteiger partial charge on any atom is 0.205 e. The number of nitrogens with one attached hydrogen (secondary N) is 1. The van der Waals surface area contributed by atoms with E-state index in [1.54, 1.807) is 0 Å². The van der Waals surface area contributed by atoms with E-state index in [-0.39, 0.29) is 6.61 Å². The minimum absolute atomic E-state index is 0.0533. The van der Waals surface area contributed by atoms with Gasteiger partial charge in [-0.1, -0.05) is 61.9 Å². The van der Waals surface area contributed by atoms with Gasteiger partial charge in [0.25, 0.3) is 0 Å². The standard InChI is InChI=1S/C22H24N6O/c1-2-3-6-18-14-28(21(15-29)23-18)13-16-9-11-17(12-10-16)19-7-4-5-8-20(19)22-24-26-27-25-22/h4-5,7-12,14,29H,2-3,6,13,15H2,1H3,(H,24,25,26,27). The Balaban J connectivity index is 1.56. The molecule has 2 aromatic heterocycles. The van der Waals surface area contributed by atoms with Crippen molar-refractivity contribution in [1.82, 2.24) is 30.2 Å². The lowest BCUT2D eigenvalue weighted by Crippen LogP contribution is -2.04. The zero-order valence-corrected chi connectivity index (χ0v) is 16.4. The Morgan fingerprint density at radius 3 is 2.52 bits per heavy atom. The Bertz CT molecular complexity index is 1050. The largest absolute Gasteiger partial charge is 0.388 e. The summed E-state index contributed by atoms with van der Waals surface area (Å²) in [6.07, 6.45) is 5.24. The van der Waals surface area contributed by atoms with Crippen LogP contribution in [-0.2, 0) is 19.6 Å². The van der Waals surface area contributed by atoms with Crippen LogP contribution in [0.25, 0.3) is 22.5 Å². The topological polar surface area (TPSA) is 92.5 Å². The maximum atomic E-state index is 9.65. The summed E-state index contributed by atoms with van der Waals surface area (Å²) in [6, 6.07) is 16.4. The average Bonchev–Trinajstić information content (AvgIpc) is 3.43. The predicted octanol–water partition coefficient (Wildman–Crippen LogP) is 3.61. The fourth-order valence-electron chi connectivity index (χ4n) is 3.45. The van der Waals surface area contributed by atoms with Crippen molar-refractivity contribution in [2.75, 3.05) is 0 Å². The molecule has 2 N–H and O–H groups in total. The van der Waals surface area contributed by atoms with E-state index in [2.05, 4.69) is 69.1 Å². The number of unbranched alkanes of at least 4 members (excludes halogenated alkanes) is 1. The molecule has 0 unspecified atom stereocenters. The van der Waals surface area contributed by atoms with E-state index in [9.17, 15) is 5.11 Å². The lowest BCUT2D eigenvalue weighted by atomic mass is 9.98. The summed E-state index contributed by atoms with van der Waals surface area (Å²) >= 11 is 0. The first-order chi connectivity index (χ1) is 14.3. The van der Waals surface area contributed by atoms with Gasteiger partial charge in [0.2, 0.25) is 5.82 Å². The molecule has 0 saturated carbocycles. The highest BCUT2D eigenvalue weighted by Gasteiger charge is 2.11. The first-order valence-corrected chi connectivity index (χ1v) is 9.86. The van der Waals surface area contributed by atoms with Crippen molar-refractivity contribution in [3.8, 4) is 22.5 Å². The summed E-state index contributed by atoms with van der Waals surface area (Å²) in [5.41, 5.74) is 5.28. The van der Waals surface area contributed by atoms with Crippen molar-refractivity contribution < 1.29 is 5.11 Å². The first kappa shape index (κ1) is 19.0. The highest BCUT2D eigenvalue weighted by Crippen LogP contribution is 2.29. The maximum absolute atomic E-state index is 9.65. The predicted molar refractivity (Wildman–Crippen MR) is 111 cm³/mol. The lowest BCUT2D eigenvalue weighted by molar-refractivity contribution is 0.266. The lowest BCUT2D eigenvalue weighted by Gasteiger charge is -2.09. The number of benzene rings is 2. The molecule has 0 fully saturated rings. The molecule has 0 aliphatic heterocycles. The van der Waals surface area contributed by atoms with Gasteiger partial charge in [0.05, 0.1) is 5.69 Å². The van der Waals surface area contributed by atoms with Gasteiger partial charge in [-0.25, -0.2) is 4.98 Å². The molecule has 0 spiro atoms. The Hall–Kier alpha value is -3.32. The third-order valence-corrected chi connectivity index (χ3v) is 4.97. The number of aliphatic hydroxyl groups excluding tert-OH is 1. The number of aromatic amines is 1. The van der Waals surface area contributed by atoms with Crippen LogP contribution in [0, 0.1) is 0 Å². The Labute approximate surface area is 169 Å².